The van der Waals surface area contributed by atoms with Crippen LogP contribution < -0.4 is 5.73 Å². The molecule has 0 fully saturated rings. The zero-order valence-corrected chi connectivity index (χ0v) is 9.31. The number of thiophene rings is 1. The lowest BCUT2D eigenvalue weighted by Gasteiger charge is -2.14. The Bertz CT molecular complexity index is 216. The first kappa shape index (κ1) is 10.7. The van der Waals surface area contributed by atoms with E-state index in [4.69, 9.17) is 5.73 Å². The molecule has 0 bridgehead atoms. The first-order chi connectivity index (χ1) is 6.24. The molecular weight excluding hydrogens is 178 g/mol. The van der Waals surface area contributed by atoms with E-state index in [2.05, 4.69) is 30.7 Å². The highest BCUT2D eigenvalue weighted by molar-refractivity contribution is 7.07. The topological polar surface area (TPSA) is 26.0 Å². The van der Waals surface area contributed by atoms with Crippen molar-refractivity contribution in [3.63, 3.8) is 0 Å². The molecule has 0 aliphatic heterocycles. The fourth-order valence-electron chi connectivity index (χ4n) is 1.58. The molecule has 2 heteroatoms. The summed E-state index contributed by atoms with van der Waals surface area (Å²) in [6, 6.07) is 2.58. The van der Waals surface area contributed by atoms with Gasteiger partial charge in [-0.2, -0.15) is 11.3 Å². The number of nitrogens with two attached hydrogens (primary N) is 1. The summed E-state index contributed by atoms with van der Waals surface area (Å²) in [7, 11) is 0. The van der Waals surface area contributed by atoms with Crippen LogP contribution in [0.25, 0.3) is 0 Å². The van der Waals surface area contributed by atoms with Crippen LogP contribution in [0.15, 0.2) is 16.8 Å². The standard InChI is InChI=1S/C11H19NS/c1-3-10(5-4-9(2)12)11-6-7-13-8-11/h6-10H,3-5,12H2,1-2H3. The van der Waals surface area contributed by atoms with Crippen molar-refractivity contribution in [2.24, 2.45) is 5.73 Å². The predicted octanol–water partition coefficient (Wildman–Crippen LogP) is 3.37. The first-order valence-corrected chi connectivity index (χ1v) is 5.96. The maximum atomic E-state index is 5.75. The summed E-state index contributed by atoms with van der Waals surface area (Å²) in [5.74, 6) is 0.720. The Labute approximate surface area is 85.0 Å². The van der Waals surface area contributed by atoms with E-state index in [9.17, 15) is 0 Å². The van der Waals surface area contributed by atoms with E-state index in [1.54, 1.807) is 11.3 Å². The van der Waals surface area contributed by atoms with Gasteiger partial charge in [0.15, 0.2) is 0 Å². The molecule has 1 rings (SSSR count). The lowest BCUT2D eigenvalue weighted by Crippen LogP contribution is -2.15. The molecule has 2 atom stereocenters. The highest BCUT2D eigenvalue weighted by Gasteiger charge is 2.09. The van der Waals surface area contributed by atoms with Crippen LogP contribution in [0.2, 0.25) is 0 Å². The zero-order chi connectivity index (χ0) is 9.68. The normalized spacial score (nSPS) is 15.6. The molecule has 0 aliphatic carbocycles. The summed E-state index contributed by atoms with van der Waals surface area (Å²) < 4.78 is 0. The molecule has 2 unspecified atom stereocenters. The molecule has 2 N–H and O–H groups in total. The quantitative estimate of drug-likeness (QED) is 0.769. The van der Waals surface area contributed by atoms with E-state index in [-0.39, 0.29) is 0 Å². The molecule has 0 aliphatic rings. The van der Waals surface area contributed by atoms with Gasteiger partial charge in [-0.3, -0.25) is 0 Å². The van der Waals surface area contributed by atoms with Crippen LogP contribution in [-0.4, -0.2) is 6.04 Å². The third kappa shape index (κ3) is 3.49. The molecule has 1 aromatic heterocycles. The molecular formula is C11H19NS. The first-order valence-electron chi connectivity index (χ1n) is 5.01. The molecule has 0 aromatic carbocycles. The molecule has 1 aromatic rings. The second-order valence-corrected chi connectivity index (χ2v) is 4.50. The maximum absolute atomic E-state index is 5.75. The Morgan fingerprint density at radius 3 is 2.69 bits per heavy atom. The van der Waals surface area contributed by atoms with E-state index in [0.29, 0.717) is 6.04 Å². The third-order valence-electron chi connectivity index (χ3n) is 2.48. The number of rotatable bonds is 5. The molecule has 74 valence electrons. The smallest absolute Gasteiger partial charge is 0.00106 e. The fourth-order valence-corrected chi connectivity index (χ4v) is 2.32. The number of hydrogen-bond donors (Lipinski definition) is 1. The van der Waals surface area contributed by atoms with Crippen molar-refractivity contribution in [2.45, 2.75) is 45.1 Å². The summed E-state index contributed by atoms with van der Waals surface area (Å²) in [6.07, 6.45) is 3.59. The summed E-state index contributed by atoms with van der Waals surface area (Å²) >= 11 is 1.79. The average Bonchev–Trinajstić information content (AvgIpc) is 2.58. The van der Waals surface area contributed by atoms with Gasteiger partial charge in [-0.05, 0) is 54.5 Å². The van der Waals surface area contributed by atoms with Crippen molar-refractivity contribution in [3.8, 4) is 0 Å². The van der Waals surface area contributed by atoms with E-state index < -0.39 is 0 Å². The summed E-state index contributed by atoms with van der Waals surface area (Å²) in [4.78, 5) is 0. The van der Waals surface area contributed by atoms with Crippen molar-refractivity contribution < 1.29 is 0 Å². The molecule has 0 saturated carbocycles. The molecule has 1 nitrogen and oxygen atoms in total. The van der Waals surface area contributed by atoms with Crippen LogP contribution in [0.5, 0.6) is 0 Å². The van der Waals surface area contributed by atoms with E-state index in [1.165, 1.54) is 18.4 Å². The van der Waals surface area contributed by atoms with Crippen LogP contribution in [0.4, 0.5) is 0 Å². The minimum absolute atomic E-state index is 0.340. The van der Waals surface area contributed by atoms with Gasteiger partial charge in [-0.15, -0.1) is 0 Å². The highest BCUT2D eigenvalue weighted by atomic mass is 32.1. The van der Waals surface area contributed by atoms with Gasteiger partial charge in [0, 0.05) is 6.04 Å². The summed E-state index contributed by atoms with van der Waals surface area (Å²) in [5, 5.41) is 4.42. The van der Waals surface area contributed by atoms with Gasteiger partial charge < -0.3 is 5.73 Å². The van der Waals surface area contributed by atoms with Crippen LogP contribution in [0, 0.1) is 0 Å². The van der Waals surface area contributed by atoms with E-state index in [0.717, 1.165) is 12.3 Å². The van der Waals surface area contributed by atoms with Crippen molar-refractivity contribution in [3.05, 3.63) is 22.4 Å². The monoisotopic (exact) mass is 197 g/mol. The molecule has 13 heavy (non-hydrogen) atoms. The van der Waals surface area contributed by atoms with Crippen LogP contribution >= 0.6 is 11.3 Å². The van der Waals surface area contributed by atoms with Crippen molar-refractivity contribution in [1.82, 2.24) is 0 Å². The molecule has 0 saturated heterocycles. The maximum Gasteiger partial charge on any atom is 0.00106 e. The van der Waals surface area contributed by atoms with Crippen molar-refractivity contribution >= 4 is 11.3 Å². The van der Waals surface area contributed by atoms with Crippen molar-refractivity contribution in [2.75, 3.05) is 0 Å². The second-order valence-electron chi connectivity index (χ2n) is 3.72. The second kappa shape index (κ2) is 5.40. The Morgan fingerprint density at radius 1 is 1.46 bits per heavy atom. The van der Waals surface area contributed by atoms with Crippen LogP contribution in [-0.2, 0) is 0 Å². The minimum atomic E-state index is 0.340. The fraction of sp³-hybridized carbons (Fsp3) is 0.636. The SMILES string of the molecule is CCC(CCC(C)N)c1ccsc1. The largest absolute Gasteiger partial charge is 0.328 e. The summed E-state index contributed by atoms with van der Waals surface area (Å²) in [6.45, 7) is 4.34. The lowest BCUT2D eigenvalue weighted by molar-refractivity contribution is 0.533. The predicted molar refractivity (Wildman–Crippen MR) is 60.2 cm³/mol. The Balaban J connectivity index is 2.44. The van der Waals surface area contributed by atoms with Gasteiger partial charge in [0.2, 0.25) is 0 Å². The molecule has 0 spiro atoms. The molecule has 1 heterocycles. The van der Waals surface area contributed by atoms with Gasteiger partial charge in [0.1, 0.15) is 0 Å². The molecule has 0 radical (unpaired) electrons. The van der Waals surface area contributed by atoms with Crippen LogP contribution in [0.3, 0.4) is 0 Å². The Hall–Kier alpha value is -0.340. The van der Waals surface area contributed by atoms with Gasteiger partial charge in [-0.1, -0.05) is 6.92 Å². The van der Waals surface area contributed by atoms with Crippen molar-refractivity contribution in [1.29, 1.82) is 0 Å². The third-order valence-corrected chi connectivity index (χ3v) is 3.18. The van der Waals surface area contributed by atoms with E-state index >= 15 is 0 Å². The molecule has 0 amide bonds. The van der Waals surface area contributed by atoms with Gasteiger partial charge in [0.05, 0.1) is 0 Å². The van der Waals surface area contributed by atoms with E-state index in [1.807, 2.05) is 0 Å². The van der Waals surface area contributed by atoms with Crippen LogP contribution in [0.1, 0.15) is 44.6 Å². The highest BCUT2D eigenvalue weighted by Crippen LogP contribution is 2.26. The van der Waals surface area contributed by atoms with Gasteiger partial charge >= 0.3 is 0 Å². The lowest BCUT2D eigenvalue weighted by atomic mass is 9.93. The summed E-state index contributed by atoms with van der Waals surface area (Å²) in [5.41, 5.74) is 7.25. The Morgan fingerprint density at radius 2 is 2.23 bits per heavy atom. The van der Waals surface area contributed by atoms with Gasteiger partial charge in [-0.25, -0.2) is 0 Å². The average molecular weight is 197 g/mol. The minimum Gasteiger partial charge on any atom is -0.328 e. The zero-order valence-electron chi connectivity index (χ0n) is 8.49. The number of hydrogen-bond acceptors (Lipinski definition) is 2. The van der Waals surface area contributed by atoms with Gasteiger partial charge in [0.25, 0.3) is 0 Å². The Kier molecular flexibility index (Phi) is 4.46.